The van der Waals surface area contributed by atoms with Gasteiger partial charge in [0, 0.05) is 23.9 Å². The van der Waals surface area contributed by atoms with E-state index in [1.165, 1.54) is 11.0 Å². The average Bonchev–Trinajstić information content (AvgIpc) is 3.96. The number of allylic oxidation sites excluding steroid dienone is 1. The number of amides is 4. The normalized spacial score (nSPS) is 29.0. The first-order valence-electron chi connectivity index (χ1n) is 16.3. The lowest BCUT2D eigenvalue weighted by molar-refractivity contribution is -0.141. The fourth-order valence-electron chi connectivity index (χ4n) is 6.08. The summed E-state index contributed by atoms with van der Waals surface area (Å²) in [6.07, 6.45) is 8.37. The standard InChI is InChI=1S/C33H43ClN4O8S/c1-3-5-10-27-30(40)38-19-24(46-20-22-16-21(11-14-26(22)34)9-7-6-8-15-45-32(42)35-27)17-28(38)29(39)36-33(18-23(33)4-2)31(41)37-47(43,44)25-12-13-25/h4,7,9,11,14,16,23-25,27-28H,2-3,5-6,8,10,12-13,15,17-20H2,1H3,(H,35,42)(H,36,39)(H,37,41)/b9-7+/t23-,24+,27-,28-,33-/m0/s1. The second-order valence-electron chi connectivity index (χ2n) is 12.7. The number of carbonyl (C=O) groups is 4. The van der Waals surface area contributed by atoms with Gasteiger partial charge in [0.1, 0.15) is 17.6 Å². The van der Waals surface area contributed by atoms with Crippen molar-refractivity contribution in [2.45, 2.75) is 100 Å². The molecule has 2 aliphatic heterocycles. The van der Waals surface area contributed by atoms with Crippen LogP contribution in [0.5, 0.6) is 0 Å². The zero-order chi connectivity index (χ0) is 33.8. The number of halogens is 1. The molecular weight excluding hydrogens is 648 g/mol. The summed E-state index contributed by atoms with van der Waals surface area (Å²) in [6, 6.07) is 3.56. The van der Waals surface area contributed by atoms with Gasteiger partial charge in [0.15, 0.2) is 0 Å². The van der Waals surface area contributed by atoms with Gasteiger partial charge in [-0.25, -0.2) is 13.2 Å². The smallest absolute Gasteiger partial charge is 0.407 e. The van der Waals surface area contributed by atoms with Crippen molar-refractivity contribution >= 4 is 51.5 Å². The molecule has 0 radical (unpaired) electrons. The minimum Gasteiger partial charge on any atom is -0.450 e. The maximum Gasteiger partial charge on any atom is 0.407 e. The van der Waals surface area contributed by atoms with E-state index in [0.717, 1.165) is 17.5 Å². The van der Waals surface area contributed by atoms with Crippen LogP contribution >= 0.6 is 11.6 Å². The highest BCUT2D eigenvalue weighted by molar-refractivity contribution is 7.91. The average molecular weight is 691 g/mol. The molecule has 2 heterocycles. The molecule has 1 aromatic carbocycles. The molecule has 4 bridgehead atoms. The molecule has 1 aromatic rings. The van der Waals surface area contributed by atoms with E-state index in [0.29, 0.717) is 43.5 Å². The summed E-state index contributed by atoms with van der Waals surface area (Å²) in [5.74, 6) is -2.41. The fourth-order valence-corrected chi connectivity index (χ4v) is 7.62. The molecule has 1 saturated heterocycles. The van der Waals surface area contributed by atoms with Gasteiger partial charge in [0.2, 0.25) is 21.8 Å². The zero-order valence-corrected chi connectivity index (χ0v) is 28.1. The number of ether oxygens (including phenoxy) is 2. The largest absolute Gasteiger partial charge is 0.450 e. The molecule has 3 fully saturated rings. The summed E-state index contributed by atoms with van der Waals surface area (Å²) >= 11 is 6.48. The van der Waals surface area contributed by atoms with Gasteiger partial charge in [-0.05, 0) is 61.8 Å². The van der Waals surface area contributed by atoms with Crippen molar-refractivity contribution in [1.82, 2.24) is 20.3 Å². The van der Waals surface area contributed by atoms with Crippen LogP contribution in [0.2, 0.25) is 5.02 Å². The van der Waals surface area contributed by atoms with Crippen molar-refractivity contribution < 1.29 is 37.1 Å². The monoisotopic (exact) mass is 690 g/mol. The van der Waals surface area contributed by atoms with Gasteiger partial charge >= 0.3 is 6.09 Å². The molecule has 47 heavy (non-hydrogen) atoms. The van der Waals surface area contributed by atoms with Crippen LogP contribution in [0.25, 0.3) is 6.08 Å². The molecule has 4 aliphatic rings. The first-order chi connectivity index (χ1) is 22.5. The summed E-state index contributed by atoms with van der Waals surface area (Å²) in [5, 5.41) is 5.37. The molecule has 0 unspecified atom stereocenters. The number of unbranched alkanes of at least 4 members (excludes halogenated alkanes) is 1. The van der Waals surface area contributed by atoms with E-state index in [4.69, 9.17) is 21.1 Å². The van der Waals surface area contributed by atoms with Crippen LogP contribution in [-0.2, 0) is 40.5 Å². The Bertz CT molecular complexity index is 1530. The second kappa shape index (κ2) is 14.8. The Hall–Kier alpha value is -3.42. The molecule has 2 saturated carbocycles. The van der Waals surface area contributed by atoms with Crippen LogP contribution < -0.4 is 15.4 Å². The topological polar surface area (TPSA) is 160 Å². The van der Waals surface area contributed by atoms with Crippen LogP contribution in [0, 0.1) is 5.92 Å². The molecule has 5 rings (SSSR count). The Labute approximate surface area is 280 Å². The number of rotatable bonds is 9. The van der Waals surface area contributed by atoms with E-state index in [1.807, 2.05) is 31.2 Å². The van der Waals surface area contributed by atoms with Crippen LogP contribution in [0.4, 0.5) is 4.79 Å². The summed E-state index contributed by atoms with van der Waals surface area (Å²) in [7, 11) is -3.86. The first kappa shape index (κ1) is 34.9. The highest BCUT2D eigenvalue weighted by Crippen LogP contribution is 2.45. The molecule has 0 aromatic heterocycles. The molecule has 0 spiro atoms. The van der Waals surface area contributed by atoms with Crippen molar-refractivity contribution in [2.75, 3.05) is 13.2 Å². The first-order valence-corrected chi connectivity index (χ1v) is 18.2. The van der Waals surface area contributed by atoms with Gasteiger partial charge in [0.05, 0.1) is 24.6 Å². The number of alkyl carbamates (subject to hydrolysis) is 1. The van der Waals surface area contributed by atoms with Crippen molar-refractivity contribution in [3.05, 3.63) is 53.1 Å². The van der Waals surface area contributed by atoms with E-state index in [2.05, 4.69) is 21.9 Å². The molecular formula is C33H43ClN4O8S. The lowest BCUT2D eigenvalue weighted by Gasteiger charge is -2.29. The third kappa shape index (κ3) is 8.36. The molecule has 4 amide bonds. The Morgan fingerprint density at radius 2 is 2.04 bits per heavy atom. The van der Waals surface area contributed by atoms with E-state index in [-0.39, 0.29) is 32.6 Å². The number of fused-ring (bicyclic) bond motifs is 4. The number of hydrogen-bond donors (Lipinski definition) is 3. The van der Waals surface area contributed by atoms with Gasteiger partial charge in [-0.3, -0.25) is 19.1 Å². The van der Waals surface area contributed by atoms with Gasteiger partial charge in [-0.15, -0.1) is 6.58 Å². The highest BCUT2D eigenvalue weighted by Gasteiger charge is 2.62. The minimum absolute atomic E-state index is 0.0492. The van der Waals surface area contributed by atoms with Gasteiger partial charge in [-0.2, -0.15) is 0 Å². The molecule has 3 N–H and O–H groups in total. The fraction of sp³-hybridized carbons (Fsp3) is 0.576. The summed E-state index contributed by atoms with van der Waals surface area (Å²) < 4.78 is 38.9. The van der Waals surface area contributed by atoms with E-state index < -0.39 is 68.7 Å². The van der Waals surface area contributed by atoms with Crippen molar-refractivity contribution in [3.8, 4) is 0 Å². The van der Waals surface area contributed by atoms with Crippen molar-refractivity contribution in [3.63, 3.8) is 0 Å². The number of sulfonamides is 1. The number of hydrogen-bond acceptors (Lipinski definition) is 8. The SMILES string of the molecule is C=C[C@H]1C[C@@]1(NC(=O)[C@@H]1C[C@@H]2CN1C(=O)[C@H](CCCC)NC(=O)OCCC/C=C/c1ccc(Cl)c(c1)CO2)C(=O)NS(=O)(=O)C1CC1. The summed E-state index contributed by atoms with van der Waals surface area (Å²) in [4.78, 5) is 55.5. The third-order valence-corrected chi connectivity index (χ3v) is 11.3. The van der Waals surface area contributed by atoms with Gasteiger partial charge in [0.25, 0.3) is 5.91 Å². The van der Waals surface area contributed by atoms with Gasteiger partial charge in [-0.1, -0.05) is 55.7 Å². The Balaban J connectivity index is 1.40. The Kier molecular flexibility index (Phi) is 11.0. The van der Waals surface area contributed by atoms with Crippen LogP contribution in [0.1, 0.15) is 75.8 Å². The molecule has 5 atom stereocenters. The maximum atomic E-state index is 14.1. The maximum absolute atomic E-state index is 14.1. The quantitative estimate of drug-likeness (QED) is 0.332. The number of nitrogens with zero attached hydrogens (tertiary/aromatic N) is 1. The van der Waals surface area contributed by atoms with Crippen LogP contribution in [0.3, 0.4) is 0 Å². The zero-order valence-electron chi connectivity index (χ0n) is 26.5. The second-order valence-corrected chi connectivity index (χ2v) is 15.1. The summed E-state index contributed by atoms with van der Waals surface area (Å²) in [6.45, 7) is 6.06. The van der Waals surface area contributed by atoms with Crippen molar-refractivity contribution in [2.24, 2.45) is 5.92 Å². The number of carbonyl (C=O) groups excluding carboxylic acids is 4. The Morgan fingerprint density at radius 3 is 2.74 bits per heavy atom. The van der Waals surface area contributed by atoms with E-state index in [1.54, 1.807) is 6.07 Å². The number of cyclic esters (lactones) is 1. The lowest BCUT2D eigenvalue weighted by Crippen LogP contribution is -2.58. The molecule has 12 nitrogen and oxygen atoms in total. The highest BCUT2D eigenvalue weighted by atomic mass is 35.5. The predicted octanol–water partition coefficient (Wildman–Crippen LogP) is 3.59. The van der Waals surface area contributed by atoms with Gasteiger partial charge < -0.3 is 25.0 Å². The Morgan fingerprint density at radius 1 is 1.26 bits per heavy atom. The minimum atomic E-state index is -3.86. The molecule has 2 aliphatic carbocycles. The number of benzene rings is 1. The van der Waals surface area contributed by atoms with E-state index >= 15 is 0 Å². The number of nitrogens with one attached hydrogen (secondary N) is 3. The third-order valence-electron chi connectivity index (χ3n) is 9.14. The van der Waals surface area contributed by atoms with E-state index in [9.17, 15) is 27.6 Å². The molecule has 14 heteroatoms. The summed E-state index contributed by atoms with van der Waals surface area (Å²) in [5.41, 5.74) is 0.156. The molecule has 256 valence electrons. The lowest BCUT2D eigenvalue weighted by atomic mass is 10.1. The van der Waals surface area contributed by atoms with Crippen LogP contribution in [-0.4, -0.2) is 79.3 Å². The predicted molar refractivity (Wildman–Crippen MR) is 175 cm³/mol. The van der Waals surface area contributed by atoms with Crippen LogP contribution in [0.15, 0.2) is 36.9 Å². The van der Waals surface area contributed by atoms with Crippen molar-refractivity contribution in [1.29, 1.82) is 0 Å².